The van der Waals surface area contributed by atoms with Gasteiger partial charge in [-0.25, -0.2) is 4.39 Å². The standard InChI is InChI=1S/C10H14FNO2/c1-13-10(7-12,14-2)8-4-3-5-9(11)6-8/h3-6H,7,12H2,1-2H3. The van der Waals surface area contributed by atoms with Crippen LogP contribution in [0.5, 0.6) is 0 Å². The Bertz CT molecular complexity index is 292. The Morgan fingerprint density at radius 1 is 1.36 bits per heavy atom. The molecule has 0 aliphatic heterocycles. The third kappa shape index (κ3) is 1.92. The fraction of sp³-hybridized carbons (Fsp3) is 0.400. The van der Waals surface area contributed by atoms with Crippen molar-refractivity contribution in [2.45, 2.75) is 5.79 Å². The average Bonchev–Trinajstić information content (AvgIpc) is 2.22. The van der Waals surface area contributed by atoms with Gasteiger partial charge in [0.15, 0.2) is 0 Å². The van der Waals surface area contributed by atoms with Crippen LogP contribution in [0.25, 0.3) is 0 Å². The smallest absolute Gasteiger partial charge is 0.207 e. The van der Waals surface area contributed by atoms with E-state index in [0.29, 0.717) is 5.56 Å². The Balaban J connectivity index is 3.10. The molecule has 0 fully saturated rings. The van der Waals surface area contributed by atoms with Crippen LogP contribution in [0.15, 0.2) is 24.3 Å². The first-order chi connectivity index (χ1) is 6.68. The number of rotatable bonds is 4. The van der Waals surface area contributed by atoms with Gasteiger partial charge in [0.25, 0.3) is 0 Å². The molecule has 1 aromatic rings. The molecule has 2 N–H and O–H groups in total. The molecule has 0 radical (unpaired) electrons. The number of nitrogens with two attached hydrogens (primary N) is 1. The summed E-state index contributed by atoms with van der Waals surface area (Å²) in [6.45, 7) is 0.128. The molecule has 4 heteroatoms. The van der Waals surface area contributed by atoms with Gasteiger partial charge in [0, 0.05) is 19.8 Å². The minimum Gasteiger partial charge on any atom is -0.348 e. The highest BCUT2D eigenvalue weighted by molar-refractivity contribution is 5.21. The first-order valence-corrected chi connectivity index (χ1v) is 4.25. The number of halogens is 1. The lowest BCUT2D eigenvalue weighted by molar-refractivity contribution is -0.208. The molecule has 0 amide bonds. The number of methoxy groups -OCH3 is 2. The average molecular weight is 199 g/mol. The maximum absolute atomic E-state index is 13.0. The summed E-state index contributed by atoms with van der Waals surface area (Å²) in [5.74, 6) is -1.39. The lowest BCUT2D eigenvalue weighted by atomic mass is 10.1. The van der Waals surface area contributed by atoms with Crippen molar-refractivity contribution in [1.82, 2.24) is 0 Å². The van der Waals surface area contributed by atoms with E-state index in [1.54, 1.807) is 12.1 Å². The van der Waals surface area contributed by atoms with E-state index in [-0.39, 0.29) is 12.4 Å². The van der Waals surface area contributed by atoms with Crippen molar-refractivity contribution in [2.75, 3.05) is 20.8 Å². The maximum atomic E-state index is 13.0. The van der Waals surface area contributed by atoms with Gasteiger partial charge in [-0.1, -0.05) is 12.1 Å². The van der Waals surface area contributed by atoms with E-state index in [1.807, 2.05) is 0 Å². The lowest BCUT2D eigenvalue weighted by Gasteiger charge is -2.29. The Morgan fingerprint density at radius 3 is 2.43 bits per heavy atom. The van der Waals surface area contributed by atoms with Gasteiger partial charge in [-0.3, -0.25) is 0 Å². The molecule has 0 aliphatic carbocycles. The van der Waals surface area contributed by atoms with E-state index < -0.39 is 5.79 Å². The van der Waals surface area contributed by atoms with Crippen LogP contribution in [0.1, 0.15) is 5.56 Å². The van der Waals surface area contributed by atoms with E-state index in [4.69, 9.17) is 15.2 Å². The molecule has 0 aliphatic rings. The molecule has 14 heavy (non-hydrogen) atoms. The van der Waals surface area contributed by atoms with Crippen molar-refractivity contribution < 1.29 is 13.9 Å². The number of hydrogen-bond acceptors (Lipinski definition) is 3. The minimum atomic E-state index is -1.05. The third-order valence-corrected chi connectivity index (χ3v) is 2.19. The van der Waals surface area contributed by atoms with Gasteiger partial charge in [0.1, 0.15) is 5.82 Å². The van der Waals surface area contributed by atoms with Gasteiger partial charge in [0.2, 0.25) is 5.79 Å². The van der Waals surface area contributed by atoms with Crippen molar-refractivity contribution in [3.05, 3.63) is 35.6 Å². The first kappa shape index (κ1) is 11.1. The minimum absolute atomic E-state index is 0.128. The van der Waals surface area contributed by atoms with Gasteiger partial charge >= 0.3 is 0 Å². The topological polar surface area (TPSA) is 44.5 Å². The molecule has 0 spiro atoms. The highest BCUT2D eigenvalue weighted by Gasteiger charge is 2.30. The summed E-state index contributed by atoms with van der Waals surface area (Å²) in [4.78, 5) is 0. The van der Waals surface area contributed by atoms with Crippen molar-refractivity contribution in [3.8, 4) is 0 Å². The molecule has 0 heterocycles. The molecule has 1 rings (SSSR count). The van der Waals surface area contributed by atoms with Crippen LogP contribution in [-0.2, 0) is 15.3 Å². The molecule has 0 atom stereocenters. The quantitative estimate of drug-likeness (QED) is 0.742. The van der Waals surface area contributed by atoms with Gasteiger partial charge in [-0.2, -0.15) is 0 Å². The summed E-state index contributed by atoms with van der Waals surface area (Å²) in [5.41, 5.74) is 6.11. The Kier molecular flexibility index (Phi) is 3.57. The Hall–Kier alpha value is -0.970. The van der Waals surface area contributed by atoms with Gasteiger partial charge < -0.3 is 15.2 Å². The van der Waals surface area contributed by atoms with Crippen LogP contribution in [-0.4, -0.2) is 20.8 Å². The molecule has 3 nitrogen and oxygen atoms in total. The van der Waals surface area contributed by atoms with E-state index in [1.165, 1.54) is 26.4 Å². The molecule has 0 saturated carbocycles. The van der Waals surface area contributed by atoms with Crippen molar-refractivity contribution in [1.29, 1.82) is 0 Å². The molecule has 0 unspecified atom stereocenters. The van der Waals surface area contributed by atoms with Crippen molar-refractivity contribution in [2.24, 2.45) is 5.73 Å². The van der Waals surface area contributed by atoms with Crippen LogP contribution in [0.3, 0.4) is 0 Å². The van der Waals surface area contributed by atoms with E-state index in [9.17, 15) is 4.39 Å². The number of benzene rings is 1. The summed E-state index contributed by atoms with van der Waals surface area (Å²) in [5, 5.41) is 0. The largest absolute Gasteiger partial charge is 0.348 e. The van der Waals surface area contributed by atoms with Crippen LogP contribution in [0.2, 0.25) is 0 Å². The second kappa shape index (κ2) is 4.50. The van der Waals surface area contributed by atoms with Crippen molar-refractivity contribution >= 4 is 0 Å². The lowest BCUT2D eigenvalue weighted by Crippen LogP contribution is -2.38. The summed E-state index contributed by atoms with van der Waals surface area (Å²) >= 11 is 0. The normalized spacial score (nSPS) is 11.7. The molecule has 1 aromatic carbocycles. The Morgan fingerprint density at radius 2 is 2.00 bits per heavy atom. The zero-order valence-corrected chi connectivity index (χ0v) is 8.29. The van der Waals surface area contributed by atoms with Gasteiger partial charge in [-0.05, 0) is 12.1 Å². The summed E-state index contributed by atoms with van der Waals surface area (Å²) < 4.78 is 23.3. The van der Waals surface area contributed by atoms with E-state index in [0.717, 1.165) is 0 Å². The van der Waals surface area contributed by atoms with Crippen LogP contribution >= 0.6 is 0 Å². The highest BCUT2D eigenvalue weighted by Crippen LogP contribution is 2.25. The van der Waals surface area contributed by atoms with E-state index >= 15 is 0 Å². The molecule has 0 saturated heterocycles. The second-order valence-corrected chi connectivity index (χ2v) is 2.88. The van der Waals surface area contributed by atoms with Crippen LogP contribution in [0, 0.1) is 5.82 Å². The molecule has 0 bridgehead atoms. The second-order valence-electron chi connectivity index (χ2n) is 2.88. The molecule has 0 aromatic heterocycles. The van der Waals surface area contributed by atoms with E-state index in [2.05, 4.69) is 0 Å². The Labute approximate surface area is 82.6 Å². The monoisotopic (exact) mass is 199 g/mol. The summed E-state index contributed by atoms with van der Waals surface area (Å²) in [7, 11) is 2.95. The molecule has 78 valence electrons. The van der Waals surface area contributed by atoms with Crippen molar-refractivity contribution in [3.63, 3.8) is 0 Å². The highest BCUT2D eigenvalue weighted by atomic mass is 19.1. The fourth-order valence-electron chi connectivity index (χ4n) is 1.33. The number of hydrogen-bond donors (Lipinski definition) is 1. The van der Waals surface area contributed by atoms with Gasteiger partial charge in [0.05, 0.1) is 6.54 Å². The molecular formula is C10H14FNO2. The zero-order chi connectivity index (χ0) is 10.6. The third-order valence-electron chi connectivity index (χ3n) is 2.19. The maximum Gasteiger partial charge on any atom is 0.207 e. The molecular weight excluding hydrogens is 185 g/mol. The van der Waals surface area contributed by atoms with Crippen LogP contribution in [0.4, 0.5) is 4.39 Å². The number of ether oxygens (including phenoxy) is 2. The van der Waals surface area contributed by atoms with Gasteiger partial charge in [-0.15, -0.1) is 0 Å². The predicted octanol–water partition coefficient (Wildman–Crippen LogP) is 1.23. The van der Waals surface area contributed by atoms with Crippen LogP contribution < -0.4 is 5.73 Å². The SMILES string of the molecule is COC(CN)(OC)c1cccc(F)c1. The fourth-order valence-corrected chi connectivity index (χ4v) is 1.33. The summed E-state index contributed by atoms with van der Waals surface area (Å²) in [6.07, 6.45) is 0. The predicted molar refractivity (Wildman–Crippen MR) is 51.2 cm³/mol. The first-order valence-electron chi connectivity index (χ1n) is 4.25. The zero-order valence-electron chi connectivity index (χ0n) is 8.29. The summed E-state index contributed by atoms with van der Waals surface area (Å²) in [6, 6.07) is 6.01.